The minimum absolute atomic E-state index is 0.0644. The first-order valence-electron chi connectivity index (χ1n) is 5.58. The summed E-state index contributed by atoms with van der Waals surface area (Å²) in [6, 6.07) is 8.80. The standard InChI is InChI=1S/C13H8N4O2/c1-7(18)11-9(6-14)12-15-13(19)8-4-2-3-5-10(8)17(12)16-11/h2-5H,1H3,(H,15,19). The van der Waals surface area contributed by atoms with Crippen molar-refractivity contribution < 1.29 is 4.79 Å². The van der Waals surface area contributed by atoms with Crippen LogP contribution in [0.1, 0.15) is 23.0 Å². The van der Waals surface area contributed by atoms with Crippen molar-refractivity contribution in [2.75, 3.05) is 0 Å². The summed E-state index contributed by atoms with van der Waals surface area (Å²) in [5.41, 5.74) is 0.654. The third kappa shape index (κ3) is 1.45. The molecule has 0 atom stereocenters. The van der Waals surface area contributed by atoms with Crippen LogP contribution in [0.5, 0.6) is 0 Å². The number of carbonyl (C=O) groups is 1. The molecule has 1 N–H and O–H groups in total. The van der Waals surface area contributed by atoms with Crippen molar-refractivity contribution >= 4 is 22.3 Å². The van der Waals surface area contributed by atoms with E-state index in [2.05, 4.69) is 10.1 Å². The highest BCUT2D eigenvalue weighted by atomic mass is 16.1. The molecule has 0 saturated carbocycles. The van der Waals surface area contributed by atoms with Gasteiger partial charge in [0.1, 0.15) is 17.3 Å². The van der Waals surface area contributed by atoms with E-state index in [1.165, 1.54) is 11.4 Å². The van der Waals surface area contributed by atoms with E-state index < -0.39 is 0 Å². The number of aromatic amines is 1. The number of fused-ring (bicyclic) bond motifs is 3. The maximum atomic E-state index is 11.9. The van der Waals surface area contributed by atoms with Crippen LogP contribution in [0.4, 0.5) is 0 Å². The second-order valence-electron chi connectivity index (χ2n) is 4.12. The Morgan fingerprint density at radius 3 is 2.84 bits per heavy atom. The van der Waals surface area contributed by atoms with Crippen molar-refractivity contribution in [2.24, 2.45) is 0 Å². The summed E-state index contributed by atoms with van der Waals surface area (Å²) < 4.78 is 1.42. The maximum Gasteiger partial charge on any atom is 0.259 e. The first-order chi connectivity index (χ1) is 9.13. The number of rotatable bonds is 1. The monoisotopic (exact) mass is 252 g/mol. The van der Waals surface area contributed by atoms with E-state index in [-0.39, 0.29) is 28.2 Å². The van der Waals surface area contributed by atoms with Crippen LogP contribution in [0.15, 0.2) is 29.1 Å². The minimum atomic E-state index is -0.315. The Bertz CT molecular complexity index is 927. The Morgan fingerprint density at radius 1 is 1.42 bits per heavy atom. The third-order valence-corrected chi connectivity index (χ3v) is 2.94. The molecule has 92 valence electrons. The van der Waals surface area contributed by atoms with Crippen LogP contribution in [-0.2, 0) is 0 Å². The van der Waals surface area contributed by atoms with E-state index in [4.69, 9.17) is 5.26 Å². The van der Waals surface area contributed by atoms with Gasteiger partial charge < -0.3 is 4.98 Å². The Labute approximate surface area is 106 Å². The Hall–Kier alpha value is -2.94. The number of benzene rings is 1. The second-order valence-corrected chi connectivity index (χ2v) is 4.12. The van der Waals surface area contributed by atoms with E-state index in [0.29, 0.717) is 10.9 Å². The summed E-state index contributed by atoms with van der Waals surface area (Å²) in [6.45, 7) is 1.34. The average Bonchev–Trinajstić information content (AvgIpc) is 2.78. The van der Waals surface area contributed by atoms with Crippen LogP contribution in [0.3, 0.4) is 0 Å². The van der Waals surface area contributed by atoms with E-state index in [0.717, 1.165) is 0 Å². The number of ketones is 1. The van der Waals surface area contributed by atoms with Gasteiger partial charge in [0.2, 0.25) is 0 Å². The first kappa shape index (κ1) is 11.2. The highest BCUT2D eigenvalue weighted by Crippen LogP contribution is 2.17. The first-order valence-corrected chi connectivity index (χ1v) is 5.58. The molecule has 0 bridgehead atoms. The molecule has 3 rings (SSSR count). The van der Waals surface area contributed by atoms with Crippen LogP contribution in [0, 0.1) is 11.3 Å². The maximum absolute atomic E-state index is 11.9. The molecule has 6 heteroatoms. The zero-order valence-electron chi connectivity index (χ0n) is 9.97. The molecule has 0 aliphatic carbocycles. The number of nitrogens with one attached hydrogen (secondary N) is 1. The predicted molar refractivity (Wildman–Crippen MR) is 68.0 cm³/mol. The molecular formula is C13H8N4O2. The zero-order valence-corrected chi connectivity index (χ0v) is 9.97. The summed E-state index contributed by atoms with van der Waals surface area (Å²) in [4.78, 5) is 26.0. The van der Waals surface area contributed by atoms with Gasteiger partial charge in [-0.3, -0.25) is 9.59 Å². The van der Waals surface area contributed by atoms with E-state index in [1.54, 1.807) is 24.3 Å². The van der Waals surface area contributed by atoms with Gasteiger partial charge in [0, 0.05) is 6.92 Å². The van der Waals surface area contributed by atoms with Crippen molar-refractivity contribution in [2.45, 2.75) is 6.92 Å². The Morgan fingerprint density at radius 2 is 2.16 bits per heavy atom. The van der Waals surface area contributed by atoms with Crippen molar-refractivity contribution in [1.82, 2.24) is 14.6 Å². The van der Waals surface area contributed by atoms with Gasteiger partial charge in [0.15, 0.2) is 11.4 Å². The number of nitrogens with zero attached hydrogens (tertiary/aromatic N) is 3. The molecule has 19 heavy (non-hydrogen) atoms. The lowest BCUT2D eigenvalue weighted by Crippen LogP contribution is -2.10. The minimum Gasteiger partial charge on any atom is -0.305 e. The number of nitriles is 1. The van der Waals surface area contributed by atoms with Gasteiger partial charge in [-0.05, 0) is 12.1 Å². The molecule has 0 fully saturated rings. The van der Waals surface area contributed by atoms with Gasteiger partial charge in [-0.15, -0.1) is 0 Å². The molecular weight excluding hydrogens is 244 g/mol. The highest BCUT2D eigenvalue weighted by Gasteiger charge is 2.18. The van der Waals surface area contributed by atoms with Crippen LogP contribution >= 0.6 is 0 Å². The number of hydrogen-bond donors (Lipinski definition) is 1. The normalized spacial score (nSPS) is 10.7. The van der Waals surface area contributed by atoms with Gasteiger partial charge in [-0.2, -0.15) is 10.4 Å². The van der Waals surface area contributed by atoms with Gasteiger partial charge >= 0.3 is 0 Å². The summed E-state index contributed by atoms with van der Waals surface area (Å²) >= 11 is 0. The molecule has 3 aromatic rings. The topological polar surface area (TPSA) is 91.0 Å². The molecule has 1 aromatic carbocycles. The average molecular weight is 252 g/mol. The van der Waals surface area contributed by atoms with Crippen LogP contribution in [0.2, 0.25) is 0 Å². The number of aromatic nitrogens is 3. The molecule has 0 amide bonds. The lowest BCUT2D eigenvalue weighted by atomic mass is 10.2. The number of H-pyrrole nitrogens is 1. The molecule has 0 unspecified atom stereocenters. The van der Waals surface area contributed by atoms with E-state index in [9.17, 15) is 9.59 Å². The molecule has 0 spiro atoms. The van der Waals surface area contributed by atoms with Gasteiger partial charge in [-0.1, -0.05) is 12.1 Å². The quantitative estimate of drug-likeness (QED) is 0.660. The fraction of sp³-hybridized carbons (Fsp3) is 0.0769. The lowest BCUT2D eigenvalue weighted by Gasteiger charge is -1.99. The van der Waals surface area contributed by atoms with Crippen molar-refractivity contribution in [1.29, 1.82) is 5.26 Å². The number of para-hydroxylation sites is 1. The SMILES string of the molecule is CC(=O)c1nn2c([nH]c(=O)c3ccccc32)c1C#N. The number of hydrogen-bond acceptors (Lipinski definition) is 4. The third-order valence-electron chi connectivity index (χ3n) is 2.94. The van der Waals surface area contributed by atoms with Crippen LogP contribution in [-0.4, -0.2) is 20.4 Å². The Kier molecular flexibility index (Phi) is 2.22. The van der Waals surface area contributed by atoms with Gasteiger partial charge in [-0.25, -0.2) is 4.52 Å². The van der Waals surface area contributed by atoms with E-state index in [1.807, 2.05) is 6.07 Å². The van der Waals surface area contributed by atoms with Crippen molar-refractivity contribution in [3.63, 3.8) is 0 Å². The van der Waals surface area contributed by atoms with Crippen LogP contribution in [0.25, 0.3) is 16.6 Å². The highest BCUT2D eigenvalue weighted by molar-refractivity contribution is 5.97. The molecule has 2 aromatic heterocycles. The number of Topliss-reactive ketones (excluding diaryl/α,β-unsaturated/α-hetero) is 1. The summed E-state index contributed by atoms with van der Waals surface area (Å²) in [5.74, 6) is -0.315. The largest absolute Gasteiger partial charge is 0.305 e. The fourth-order valence-corrected chi connectivity index (χ4v) is 2.09. The van der Waals surface area contributed by atoms with Crippen molar-refractivity contribution in [3.05, 3.63) is 45.9 Å². The summed E-state index contributed by atoms with van der Waals surface area (Å²) in [5, 5.41) is 13.7. The molecule has 0 aliphatic rings. The molecule has 0 aliphatic heterocycles. The Balaban J connectivity index is 2.63. The van der Waals surface area contributed by atoms with E-state index >= 15 is 0 Å². The number of carbonyl (C=O) groups excluding carboxylic acids is 1. The molecule has 2 heterocycles. The smallest absolute Gasteiger partial charge is 0.259 e. The predicted octanol–water partition coefficient (Wildman–Crippen LogP) is 1.25. The van der Waals surface area contributed by atoms with Gasteiger partial charge in [0.25, 0.3) is 5.56 Å². The van der Waals surface area contributed by atoms with Crippen molar-refractivity contribution in [3.8, 4) is 6.07 Å². The summed E-state index contributed by atoms with van der Waals surface area (Å²) in [6.07, 6.45) is 0. The van der Waals surface area contributed by atoms with Crippen LogP contribution < -0.4 is 5.56 Å². The second kappa shape index (κ2) is 3.78. The summed E-state index contributed by atoms with van der Waals surface area (Å²) in [7, 11) is 0. The zero-order chi connectivity index (χ0) is 13.6. The lowest BCUT2D eigenvalue weighted by molar-refractivity contribution is 0.101. The fourth-order valence-electron chi connectivity index (χ4n) is 2.09. The van der Waals surface area contributed by atoms with Gasteiger partial charge in [0.05, 0.1) is 10.9 Å². The molecule has 6 nitrogen and oxygen atoms in total. The molecule has 0 radical (unpaired) electrons. The molecule has 0 saturated heterocycles.